The Labute approximate surface area is 126 Å². The lowest BCUT2D eigenvalue weighted by atomic mass is 10.1. The van der Waals surface area contributed by atoms with Gasteiger partial charge >= 0.3 is 0 Å². The van der Waals surface area contributed by atoms with Crippen LogP contribution in [0.1, 0.15) is 16.7 Å². The van der Waals surface area contributed by atoms with Crippen molar-refractivity contribution in [3.05, 3.63) is 65.2 Å². The van der Waals surface area contributed by atoms with E-state index >= 15 is 0 Å². The molecule has 3 nitrogen and oxygen atoms in total. The summed E-state index contributed by atoms with van der Waals surface area (Å²) in [5.74, 6) is 0.712. The lowest BCUT2D eigenvalue weighted by Gasteiger charge is -2.12. The summed E-state index contributed by atoms with van der Waals surface area (Å²) in [6, 6.07) is 16.0. The normalized spacial score (nSPS) is 10.2. The van der Waals surface area contributed by atoms with Gasteiger partial charge in [-0.3, -0.25) is 4.79 Å². The molecule has 2 rings (SSSR count). The van der Waals surface area contributed by atoms with Crippen LogP contribution in [0.5, 0.6) is 5.75 Å². The van der Waals surface area contributed by atoms with E-state index in [9.17, 15) is 4.79 Å². The third-order valence-corrected chi connectivity index (χ3v) is 3.34. The quantitative estimate of drug-likeness (QED) is 0.885. The van der Waals surface area contributed by atoms with Crippen molar-refractivity contribution < 1.29 is 9.53 Å². The number of aryl methyl sites for hydroxylation is 2. The van der Waals surface area contributed by atoms with E-state index < -0.39 is 0 Å². The van der Waals surface area contributed by atoms with E-state index in [2.05, 4.69) is 17.4 Å². The second-order valence-corrected chi connectivity index (χ2v) is 5.10. The number of hydrogen-bond donors (Lipinski definition) is 1. The first kappa shape index (κ1) is 15.1. The van der Waals surface area contributed by atoms with Crippen molar-refractivity contribution in [2.24, 2.45) is 0 Å². The first-order chi connectivity index (χ1) is 10.2. The SMILES string of the molecule is Cc1cccc(C)c1OCC(=O)NCCc1ccccc1. The molecule has 1 N–H and O–H groups in total. The van der Waals surface area contributed by atoms with Gasteiger partial charge in [0.15, 0.2) is 6.61 Å². The molecule has 0 aliphatic carbocycles. The number of nitrogens with one attached hydrogen (secondary N) is 1. The van der Waals surface area contributed by atoms with Gasteiger partial charge in [-0.05, 0) is 37.0 Å². The molecule has 0 heterocycles. The van der Waals surface area contributed by atoms with Crippen molar-refractivity contribution >= 4 is 5.91 Å². The Kier molecular flexibility index (Phi) is 5.38. The highest BCUT2D eigenvalue weighted by Gasteiger charge is 2.06. The molecule has 0 saturated carbocycles. The predicted molar refractivity (Wildman–Crippen MR) is 84.6 cm³/mol. The Hall–Kier alpha value is -2.29. The highest BCUT2D eigenvalue weighted by Crippen LogP contribution is 2.21. The molecule has 0 aromatic heterocycles. The molecule has 3 heteroatoms. The van der Waals surface area contributed by atoms with Crippen LogP contribution >= 0.6 is 0 Å². The lowest BCUT2D eigenvalue weighted by molar-refractivity contribution is -0.123. The van der Waals surface area contributed by atoms with Crippen LogP contribution in [0.4, 0.5) is 0 Å². The van der Waals surface area contributed by atoms with Gasteiger partial charge in [-0.25, -0.2) is 0 Å². The summed E-state index contributed by atoms with van der Waals surface area (Å²) in [6.07, 6.45) is 0.829. The molecule has 0 spiro atoms. The minimum absolute atomic E-state index is 0.0560. The maximum Gasteiger partial charge on any atom is 0.257 e. The van der Waals surface area contributed by atoms with E-state index in [4.69, 9.17) is 4.74 Å². The Morgan fingerprint density at radius 2 is 1.67 bits per heavy atom. The van der Waals surface area contributed by atoms with Crippen LogP contribution in [-0.4, -0.2) is 19.1 Å². The van der Waals surface area contributed by atoms with Crippen molar-refractivity contribution in [1.29, 1.82) is 0 Å². The monoisotopic (exact) mass is 283 g/mol. The summed E-state index contributed by atoms with van der Waals surface area (Å²) in [6.45, 7) is 4.64. The minimum atomic E-state index is -0.0893. The Balaban J connectivity index is 1.75. The maximum absolute atomic E-state index is 11.8. The van der Waals surface area contributed by atoms with Crippen LogP contribution in [-0.2, 0) is 11.2 Å². The van der Waals surface area contributed by atoms with Gasteiger partial charge in [0.2, 0.25) is 0 Å². The van der Waals surface area contributed by atoms with Gasteiger partial charge < -0.3 is 10.1 Å². The van der Waals surface area contributed by atoms with E-state index in [1.54, 1.807) is 0 Å². The Bertz CT molecular complexity index is 573. The Morgan fingerprint density at radius 1 is 1.00 bits per heavy atom. The zero-order chi connectivity index (χ0) is 15.1. The van der Waals surface area contributed by atoms with Crippen LogP contribution in [0.2, 0.25) is 0 Å². The smallest absolute Gasteiger partial charge is 0.257 e. The second-order valence-electron chi connectivity index (χ2n) is 5.10. The van der Waals surface area contributed by atoms with Crippen LogP contribution < -0.4 is 10.1 Å². The van der Waals surface area contributed by atoms with Gasteiger partial charge in [-0.15, -0.1) is 0 Å². The van der Waals surface area contributed by atoms with Gasteiger partial charge in [0, 0.05) is 6.54 Å². The van der Waals surface area contributed by atoms with Crippen molar-refractivity contribution in [2.45, 2.75) is 20.3 Å². The summed E-state index contributed by atoms with van der Waals surface area (Å²) in [4.78, 5) is 11.8. The number of hydrogen-bond acceptors (Lipinski definition) is 2. The van der Waals surface area contributed by atoms with Crippen molar-refractivity contribution in [1.82, 2.24) is 5.32 Å². The van der Waals surface area contributed by atoms with E-state index in [1.807, 2.05) is 50.2 Å². The average molecular weight is 283 g/mol. The maximum atomic E-state index is 11.8. The molecule has 0 aliphatic heterocycles. The summed E-state index contributed by atoms with van der Waals surface area (Å²) >= 11 is 0. The zero-order valence-corrected chi connectivity index (χ0v) is 12.6. The number of rotatable bonds is 6. The van der Waals surface area contributed by atoms with E-state index in [-0.39, 0.29) is 12.5 Å². The van der Waals surface area contributed by atoms with Gasteiger partial charge in [0.05, 0.1) is 0 Å². The molecule has 0 saturated heterocycles. The molecule has 1 amide bonds. The zero-order valence-electron chi connectivity index (χ0n) is 12.6. The molecular weight excluding hydrogens is 262 g/mol. The molecule has 0 aliphatic rings. The summed E-state index contributed by atoms with van der Waals surface area (Å²) in [5, 5.41) is 2.88. The fraction of sp³-hybridized carbons (Fsp3) is 0.278. The third kappa shape index (κ3) is 4.63. The molecule has 0 radical (unpaired) electrons. The highest BCUT2D eigenvalue weighted by molar-refractivity contribution is 5.77. The molecule has 21 heavy (non-hydrogen) atoms. The van der Waals surface area contributed by atoms with Crippen molar-refractivity contribution in [3.63, 3.8) is 0 Å². The largest absolute Gasteiger partial charge is 0.483 e. The molecule has 110 valence electrons. The molecular formula is C18H21NO2. The van der Waals surface area contributed by atoms with Gasteiger partial charge in [-0.1, -0.05) is 48.5 Å². The summed E-state index contributed by atoms with van der Waals surface area (Å²) in [7, 11) is 0. The standard InChI is InChI=1S/C18H21NO2/c1-14-7-6-8-15(2)18(14)21-13-17(20)19-12-11-16-9-4-3-5-10-16/h3-10H,11-13H2,1-2H3,(H,19,20). The number of carbonyl (C=O) groups excluding carboxylic acids is 1. The third-order valence-electron chi connectivity index (χ3n) is 3.34. The Morgan fingerprint density at radius 3 is 2.33 bits per heavy atom. The highest BCUT2D eigenvalue weighted by atomic mass is 16.5. The van der Waals surface area contributed by atoms with Crippen molar-refractivity contribution in [3.8, 4) is 5.75 Å². The number of carbonyl (C=O) groups is 1. The summed E-state index contributed by atoms with van der Waals surface area (Å²) < 4.78 is 5.62. The lowest BCUT2D eigenvalue weighted by Crippen LogP contribution is -2.30. The van der Waals surface area contributed by atoms with Gasteiger partial charge in [0.1, 0.15) is 5.75 Å². The molecule has 2 aromatic rings. The van der Waals surface area contributed by atoms with Crippen LogP contribution in [0.15, 0.2) is 48.5 Å². The average Bonchev–Trinajstić information content (AvgIpc) is 2.48. The molecule has 0 bridgehead atoms. The van der Waals surface area contributed by atoms with E-state index in [0.717, 1.165) is 23.3 Å². The van der Waals surface area contributed by atoms with E-state index in [0.29, 0.717) is 6.54 Å². The first-order valence-electron chi connectivity index (χ1n) is 7.16. The number of amides is 1. The summed E-state index contributed by atoms with van der Waals surface area (Å²) in [5.41, 5.74) is 3.31. The first-order valence-corrected chi connectivity index (χ1v) is 7.16. The van der Waals surface area contributed by atoms with Crippen LogP contribution in [0.3, 0.4) is 0 Å². The van der Waals surface area contributed by atoms with Crippen molar-refractivity contribution in [2.75, 3.05) is 13.2 Å². The van der Waals surface area contributed by atoms with Crippen LogP contribution in [0, 0.1) is 13.8 Å². The minimum Gasteiger partial charge on any atom is -0.483 e. The molecule has 0 fully saturated rings. The molecule has 0 unspecified atom stereocenters. The number of ether oxygens (including phenoxy) is 1. The molecule has 0 atom stereocenters. The predicted octanol–water partition coefficient (Wildman–Crippen LogP) is 3.04. The fourth-order valence-corrected chi connectivity index (χ4v) is 2.21. The van der Waals surface area contributed by atoms with Crippen LogP contribution in [0.25, 0.3) is 0 Å². The number of para-hydroxylation sites is 1. The van der Waals surface area contributed by atoms with E-state index in [1.165, 1.54) is 5.56 Å². The molecule has 2 aromatic carbocycles. The second kappa shape index (κ2) is 7.48. The topological polar surface area (TPSA) is 38.3 Å². The fourth-order valence-electron chi connectivity index (χ4n) is 2.21. The number of benzene rings is 2. The van der Waals surface area contributed by atoms with Gasteiger partial charge in [-0.2, -0.15) is 0 Å². The van der Waals surface area contributed by atoms with Gasteiger partial charge in [0.25, 0.3) is 5.91 Å².